The van der Waals surface area contributed by atoms with Crippen molar-refractivity contribution in [3.05, 3.63) is 65.5 Å². The van der Waals surface area contributed by atoms with Gasteiger partial charge >= 0.3 is 0 Å². The zero-order valence-electron chi connectivity index (χ0n) is 19.8. The Kier molecular flexibility index (Phi) is 6.33. The highest BCUT2D eigenvalue weighted by Gasteiger charge is 2.27. The van der Waals surface area contributed by atoms with E-state index in [4.69, 9.17) is 8.94 Å². The summed E-state index contributed by atoms with van der Waals surface area (Å²) in [6.07, 6.45) is 2.41. The molecule has 0 unspecified atom stereocenters. The number of nitrogens with zero attached hydrogens (tertiary/aromatic N) is 4. The zero-order valence-corrected chi connectivity index (χ0v) is 19.8. The Morgan fingerprint density at radius 3 is 2.63 bits per heavy atom. The Morgan fingerprint density at radius 1 is 1.09 bits per heavy atom. The third-order valence-electron chi connectivity index (χ3n) is 6.32. The lowest BCUT2D eigenvalue weighted by molar-refractivity contribution is -0.117. The van der Waals surface area contributed by atoms with E-state index in [0.717, 1.165) is 17.7 Å². The summed E-state index contributed by atoms with van der Waals surface area (Å²) >= 11 is 0. The number of aromatic nitrogens is 2. The van der Waals surface area contributed by atoms with Crippen LogP contribution < -0.4 is 5.32 Å². The zero-order chi connectivity index (χ0) is 24.4. The molecule has 0 aliphatic carbocycles. The van der Waals surface area contributed by atoms with Crippen molar-refractivity contribution < 1.29 is 18.5 Å². The van der Waals surface area contributed by atoms with Gasteiger partial charge in [0, 0.05) is 31.9 Å². The molecule has 0 bridgehead atoms. The minimum atomic E-state index is -0.113. The Morgan fingerprint density at radius 2 is 1.89 bits per heavy atom. The molecule has 1 aromatic carbocycles. The maximum atomic E-state index is 13.5. The molecule has 180 valence electrons. The lowest BCUT2D eigenvalue weighted by atomic mass is 10.1. The number of amides is 2. The number of aryl methyl sites for hydroxylation is 2. The van der Waals surface area contributed by atoms with E-state index in [-0.39, 0.29) is 18.4 Å². The van der Waals surface area contributed by atoms with E-state index in [1.54, 1.807) is 36.3 Å². The van der Waals surface area contributed by atoms with Crippen LogP contribution in [-0.2, 0) is 11.2 Å². The lowest BCUT2D eigenvalue weighted by Gasteiger charge is -2.34. The minimum Gasteiger partial charge on any atom is -0.463 e. The van der Waals surface area contributed by atoms with Crippen LogP contribution in [0, 0.1) is 6.92 Å². The van der Waals surface area contributed by atoms with E-state index in [1.165, 1.54) is 0 Å². The van der Waals surface area contributed by atoms with Crippen LogP contribution in [0.1, 0.15) is 28.5 Å². The summed E-state index contributed by atoms with van der Waals surface area (Å²) in [5.41, 5.74) is 3.89. The highest BCUT2D eigenvalue weighted by Crippen LogP contribution is 2.28. The molecule has 1 N–H and O–H groups in total. The molecule has 35 heavy (non-hydrogen) atoms. The van der Waals surface area contributed by atoms with Crippen LogP contribution in [0.4, 0.5) is 5.69 Å². The van der Waals surface area contributed by atoms with E-state index in [2.05, 4.69) is 27.3 Å². The van der Waals surface area contributed by atoms with Crippen LogP contribution in [-0.4, -0.2) is 64.5 Å². The summed E-state index contributed by atoms with van der Waals surface area (Å²) in [4.78, 5) is 34.5. The van der Waals surface area contributed by atoms with Gasteiger partial charge in [0.15, 0.2) is 5.76 Å². The Hall–Kier alpha value is -3.98. The number of furan rings is 1. The fourth-order valence-electron chi connectivity index (χ4n) is 4.44. The standard InChI is InChI=1S/C26H27N5O4/c1-3-18-7-4-5-8-20(18)27-23(32)16-30-10-12-31(13-11-30)26(33)19-15-21(22-9-6-14-34-22)28-25-24(19)17(2)29-35-25/h4-9,14-15H,3,10-13,16H2,1-2H3,(H,27,32). The number of carbonyl (C=O) groups excluding carboxylic acids is 2. The lowest BCUT2D eigenvalue weighted by Crippen LogP contribution is -2.50. The Balaban J connectivity index is 1.26. The number of rotatable bonds is 6. The molecule has 4 aromatic rings. The molecule has 2 amide bonds. The molecular formula is C26H27N5O4. The van der Waals surface area contributed by atoms with Crippen molar-refractivity contribution in [2.24, 2.45) is 0 Å². The van der Waals surface area contributed by atoms with Gasteiger partial charge in [-0.05, 0) is 43.2 Å². The van der Waals surface area contributed by atoms with Gasteiger partial charge in [-0.25, -0.2) is 4.98 Å². The average Bonchev–Trinajstić information content (AvgIpc) is 3.54. The van der Waals surface area contributed by atoms with Gasteiger partial charge < -0.3 is 19.2 Å². The molecule has 4 heterocycles. The van der Waals surface area contributed by atoms with Crippen molar-refractivity contribution in [2.75, 3.05) is 38.0 Å². The first-order valence-electron chi connectivity index (χ1n) is 11.7. The first-order chi connectivity index (χ1) is 17.0. The van der Waals surface area contributed by atoms with Crippen LogP contribution in [0.25, 0.3) is 22.6 Å². The largest absolute Gasteiger partial charge is 0.463 e. The second-order valence-corrected chi connectivity index (χ2v) is 8.61. The van der Waals surface area contributed by atoms with Gasteiger partial charge in [-0.2, -0.15) is 0 Å². The van der Waals surface area contributed by atoms with Crippen molar-refractivity contribution in [1.82, 2.24) is 19.9 Å². The van der Waals surface area contributed by atoms with E-state index < -0.39 is 0 Å². The fraction of sp³-hybridized carbons (Fsp3) is 0.308. The van der Waals surface area contributed by atoms with Crippen molar-refractivity contribution in [2.45, 2.75) is 20.3 Å². The van der Waals surface area contributed by atoms with E-state index in [9.17, 15) is 9.59 Å². The minimum absolute atomic E-state index is 0.0512. The normalized spacial score (nSPS) is 14.4. The number of hydrogen-bond acceptors (Lipinski definition) is 7. The molecule has 1 aliphatic heterocycles. The maximum Gasteiger partial charge on any atom is 0.259 e. The van der Waals surface area contributed by atoms with Crippen LogP contribution >= 0.6 is 0 Å². The molecule has 0 atom stereocenters. The van der Waals surface area contributed by atoms with E-state index in [1.807, 2.05) is 24.3 Å². The van der Waals surface area contributed by atoms with E-state index in [0.29, 0.717) is 60.0 Å². The predicted molar refractivity (Wildman–Crippen MR) is 131 cm³/mol. The number of pyridine rings is 1. The van der Waals surface area contributed by atoms with Gasteiger partial charge in [-0.3, -0.25) is 14.5 Å². The topological polar surface area (TPSA) is 105 Å². The number of carbonyl (C=O) groups is 2. The van der Waals surface area contributed by atoms with Gasteiger partial charge in [0.25, 0.3) is 11.6 Å². The van der Waals surface area contributed by atoms with Crippen LogP contribution in [0.15, 0.2) is 57.7 Å². The number of benzene rings is 1. The second-order valence-electron chi connectivity index (χ2n) is 8.61. The number of anilines is 1. The number of hydrogen-bond donors (Lipinski definition) is 1. The van der Waals surface area contributed by atoms with Gasteiger partial charge in [0.2, 0.25) is 5.91 Å². The van der Waals surface area contributed by atoms with Crippen molar-refractivity contribution in [1.29, 1.82) is 0 Å². The SMILES string of the molecule is CCc1ccccc1NC(=O)CN1CCN(C(=O)c2cc(-c3ccco3)nc3onc(C)c23)CC1. The van der Waals surface area contributed by atoms with Gasteiger partial charge in [-0.1, -0.05) is 30.3 Å². The van der Waals surface area contributed by atoms with Crippen LogP contribution in [0.3, 0.4) is 0 Å². The Labute approximate surface area is 202 Å². The molecule has 3 aromatic heterocycles. The molecule has 9 nitrogen and oxygen atoms in total. The summed E-state index contributed by atoms with van der Waals surface area (Å²) in [6, 6.07) is 13.1. The monoisotopic (exact) mass is 473 g/mol. The molecule has 0 radical (unpaired) electrons. The number of piperazine rings is 1. The summed E-state index contributed by atoms with van der Waals surface area (Å²) in [5.74, 6) is 0.387. The van der Waals surface area contributed by atoms with Crippen molar-refractivity contribution >= 4 is 28.6 Å². The molecule has 0 saturated carbocycles. The van der Waals surface area contributed by atoms with Crippen molar-refractivity contribution in [3.8, 4) is 11.5 Å². The highest BCUT2D eigenvalue weighted by atomic mass is 16.5. The molecule has 0 spiro atoms. The average molecular weight is 474 g/mol. The molecule has 1 fully saturated rings. The number of nitrogens with one attached hydrogen (secondary N) is 1. The molecule has 5 rings (SSSR count). The smallest absolute Gasteiger partial charge is 0.259 e. The van der Waals surface area contributed by atoms with Crippen molar-refractivity contribution in [3.63, 3.8) is 0 Å². The maximum absolute atomic E-state index is 13.5. The highest BCUT2D eigenvalue weighted by molar-refractivity contribution is 6.07. The third kappa shape index (κ3) is 4.67. The quantitative estimate of drug-likeness (QED) is 0.455. The number of fused-ring (bicyclic) bond motifs is 1. The van der Waals surface area contributed by atoms with Crippen LogP contribution in [0.5, 0.6) is 0 Å². The van der Waals surface area contributed by atoms with E-state index >= 15 is 0 Å². The van der Waals surface area contributed by atoms with Gasteiger partial charge in [0.1, 0.15) is 5.69 Å². The molecular weight excluding hydrogens is 446 g/mol. The van der Waals surface area contributed by atoms with Gasteiger partial charge in [0.05, 0.1) is 29.5 Å². The molecule has 1 saturated heterocycles. The third-order valence-corrected chi connectivity index (χ3v) is 6.32. The summed E-state index contributed by atoms with van der Waals surface area (Å²) in [5, 5.41) is 7.64. The van der Waals surface area contributed by atoms with Crippen LogP contribution in [0.2, 0.25) is 0 Å². The number of para-hydroxylation sites is 1. The summed E-state index contributed by atoms with van der Waals surface area (Å²) in [6.45, 7) is 6.39. The predicted octanol–water partition coefficient (Wildman–Crippen LogP) is 3.75. The van der Waals surface area contributed by atoms with Gasteiger partial charge in [-0.15, -0.1) is 0 Å². The summed E-state index contributed by atoms with van der Waals surface area (Å²) in [7, 11) is 0. The molecule has 1 aliphatic rings. The summed E-state index contributed by atoms with van der Waals surface area (Å²) < 4.78 is 10.8. The first kappa shape index (κ1) is 22.8. The Bertz CT molecular complexity index is 1350. The first-order valence-corrected chi connectivity index (χ1v) is 11.7. The molecule has 9 heteroatoms. The fourth-order valence-corrected chi connectivity index (χ4v) is 4.44. The second kappa shape index (κ2) is 9.71.